The van der Waals surface area contributed by atoms with Crippen molar-refractivity contribution in [3.8, 4) is 11.1 Å². The highest BCUT2D eigenvalue weighted by Gasteiger charge is 2.06. The van der Waals surface area contributed by atoms with Crippen LogP contribution in [0.3, 0.4) is 0 Å². The predicted octanol–water partition coefficient (Wildman–Crippen LogP) is 3.55. The number of carbonyl (C=O) groups is 2. The maximum Gasteiger partial charge on any atom is 0.244 e. The lowest BCUT2D eigenvalue weighted by atomic mass is 10.0. The quantitative estimate of drug-likeness (QED) is 0.555. The third-order valence-electron chi connectivity index (χ3n) is 3.92. The van der Waals surface area contributed by atoms with Crippen LogP contribution < -0.4 is 10.7 Å². The average molecular weight is 365 g/mol. The van der Waals surface area contributed by atoms with Crippen molar-refractivity contribution in [1.29, 1.82) is 0 Å². The molecule has 142 valence electrons. The van der Waals surface area contributed by atoms with Crippen LogP contribution in [0, 0.1) is 5.92 Å². The Balaban J connectivity index is 1.82. The van der Waals surface area contributed by atoms with Crippen LogP contribution in [0.4, 0.5) is 0 Å². The van der Waals surface area contributed by atoms with E-state index in [-0.39, 0.29) is 24.7 Å². The van der Waals surface area contributed by atoms with Crippen molar-refractivity contribution in [2.75, 3.05) is 6.54 Å². The van der Waals surface area contributed by atoms with Crippen molar-refractivity contribution in [2.24, 2.45) is 11.0 Å². The fourth-order valence-electron chi connectivity index (χ4n) is 2.48. The van der Waals surface area contributed by atoms with Crippen molar-refractivity contribution in [1.82, 2.24) is 10.7 Å². The highest BCUT2D eigenvalue weighted by Crippen LogP contribution is 2.19. The molecule has 27 heavy (non-hydrogen) atoms. The van der Waals surface area contributed by atoms with Gasteiger partial charge in [-0.05, 0) is 29.5 Å². The Kier molecular flexibility index (Phi) is 7.74. The van der Waals surface area contributed by atoms with Crippen LogP contribution in [0.2, 0.25) is 0 Å². The molecule has 0 heterocycles. The number of benzene rings is 2. The summed E-state index contributed by atoms with van der Waals surface area (Å²) in [6, 6.07) is 18.0. The Morgan fingerprint density at radius 3 is 2.19 bits per heavy atom. The average Bonchev–Trinajstić information content (AvgIpc) is 2.66. The first-order chi connectivity index (χ1) is 12.9. The number of hydrogen-bond donors (Lipinski definition) is 2. The molecule has 0 aliphatic heterocycles. The molecule has 2 amide bonds. The lowest BCUT2D eigenvalue weighted by Crippen LogP contribution is -2.29. The second-order valence-electron chi connectivity index (χ2n) is 7.00. The summed E-state index contributed by atoms with van der Waals surface area (Å²) in [6.45, 7) is 6.43. The summed E-state index contributed by atoms with van der Waals surface area (Å²) in [5.41, 5.74) is 6.26. The molecule has 2 N–H and O–H groups in total. The largest absolute Gasteiger partial charge is 0.356 e. The van der Waals surface area contributed by atoms with E-state index in [1.54, 1.807) is 6.92 Å². The van der Waals surface area contributed by atoms with E-state index in [0.717, 1.165) is 16.7 Å². The van der Waals surface area contributed by atoms with Crippen LogP contribution in [-0.4, -0.2) is 24.1 Å². The lowest BCUT2D eigenvalue weighted by Gasteiger charge is -2.07. The smallest absolute Gasteiger partial charge is 0.244 e. The van der Waals surface area contributed by atoms with Gasteiger partial charge >= 0.3 is 0 Å². The van der Waals surface area contributed by atoms with Gasteiger partial charge in [-0.25, -0.2) is 5.43 Å². The zero-order valence-electron chi connectivity index (χ0n) is 16.2. The fraction of sp³-hybridized carbons (Fsp3) is 0.318. The molecule has 0 saturated heterocycles. The second-order valence-corrected chi connectivity index (χ2v) is 7.00. The molecular weight excluding hydrogens is 338 g/mol. The van der Waals surface area contributed by atoms with Gasteiger partial charge in [-0.15, -0.1) is 0 Å². The molecule has 0 aromatic heterocycles. The van der Waals surface area contributed by atoms with Gasteiger partial charge in [0.15, 0.2) is 0 Å². The highest BCUT2D eigenvalue weighted by molar-refractivity contribution is 6.00. The van der Waals surface area contributed by atoms with Crippen molar-refractivity contribution in [3.05, 3.63) is 60.2 Å². The molecule has 0 spiro atoms. The van der Waals surface area contributed by atoms with Crippen molar-refractivity contribution < 1.29 is 9.59 Å². The zero-order chi connectivity index (χ0) is 19.6. The lowest BCUT2D eigenvalue weighted by molar-refractivity contribution is -0.121. The maximum atomic E-state index is 12.1. The van der Waals surface area contributed by atoms with Crippen LogP contribution in [0.1, 0.15) is 32.8 Å². The molecular formula is C22H27N3O2. The SMILES string of the molecule is CC(CC(=O)NCC(C)C)=NNC(=O)Cc1ccc(-c2ccccc2)cc1. The summed E-state index contributed by atoms with van der Waals surface area (Å²) < 4.78 is 0. The van der Waals surface area contributed by atoms with Crippen LogP contribution in [0.25, 0.3) is 11.1 Å². The summed E-state index contributed by atoms with van der Waals surface area (Å²) in [5.74, 6) is 0.110. The minimum atomic E-state index is -0.204. The highest BCUT2D eigenvalue weighted by atomic mass is 16.2. The number of nitrogens with zero attached hydrogens (tertiary/aromatic N) is 1. The molecule has 5 heteroatoms. The predicted molar refractivity (Wildman–Crippen MR) is 109 cm³/mol. The summed E-state index contributed by atoms with van der Waals surface area (Å²) in [6.07, 6.45) is 0.421. The standard InChI is InChI=1S/C22H27N3O2/c1-16(2)15-23-21(26)13-17(3)24-25-22(27)14-18-9-11-20(12-10-18)19-7-5-4-6-8-19/h4-12,16H,13-15H2,1-3H3,(H,23,26)(H,25,27). The van der Waals surface area contributed by atoms with Gasteiger partial charge in [0.05, 0.1) is 12.8 Å². The van der Waals surface area contributed by atoms with E-state index in [9.17, 15) is 9.59 Å². The first kappa shape index (κ1) is 20.4. The van der Waals surface area contributed by atoms with E-state index in [1.165, 1.54) is 0 Å². The summed E-state index contributed by atoms with van der Waals surface area (Å²) in [7, 11) is 0. The van der Waals surface area contributed by atoms with E-state index in [0.29, 0.717) is 18.2 Å². The summed E-state index contributed by atoms with van der Waals surface area (Å²) in [4.78, 5) is 23.8. The molecule has 0 saturated carbocycles. The van der Waals surface area contributed by atoms with E-state index < -0.39 is 0 Å². The Morgan fingerprint density at radius 2 is 1.56 bits per heavy atom. The minimum Gasteiger partial charge on any atom is -0.356 e. The molecule has 0 fully saturated rings. The Labute approximate surface area is 160 Å². The molecule has 2 aromatic carbocycles. The number of carbonyl (C=O) groups excluding carboxylic acids is 2. The van der Waals surface area contributed by atoms with Gasteiger partial charge in [0.2, 0.25) is 11.8 Å². The van der Waals surface area contributed by atoms with Gasteiger partial charge in [0.1, 0.15) is 0 Å². The van der Waals surface area contributed by atoms with Gasteiger partial charge < -0.3 is 5.32 Å². The molecule has 0 bridgehead atoms. The van der Waals surface area contributed by atoms with Crippen LogP contribution >= 0.6 is 0 Å². The van der Waals surface area contributed by atoms with Gasteiger partial charge in [-0.2, -0.15) is 5.10 Å². The van der Waals surface area contributed by atoms with E-state index in [1.807, 2.05) is 56.3 Å². The van der Waals surface area contributed by atoms with E-state index >= 15 is 0 Å². The molecule has 2 rings (SSSR count). The van der Waals surface area contributed by atoms with Gasteiger partial charge in [0.25, 0.3) is 0 Å². The van der Waals surface area contributed by atoms with Crippen molar-refractivity contribution in [2.45, 2.75) is 33.6 Å². The Bertz CT molecular complexity index is 781. The van der Waals surface area contributed by atoms with Crippen LogP contribution in [0.15, 0.2) is 59.7 Å². The Morgan fingerprint density at radius 1 is 0.926 bits per heavy atom. The van der Waals surface area contributed by atoms with Gasteiger partial charge in [-0.1, -0.05) is 68.4 Å². The second kappa shape index (κ2) is 10.3. The third kappa shape index (κ3) is 7.44. The number of hydrogen-bond acceptors (Lipinski definition) is 3. The van der Waals surface area contributed by atoms with Crippen molar-refractivity contribution in [3.63, 3.8) is 0 Å². The van der Waals surface area contributed by atoms with Gasteiger partial charge in [0, 0.05) is 12.3 Å². The van der Waals surface area contributed by atoms with Crippen molar-refractivity contribution >= 4 is 17.5 Å². The maximum absolute atomic E-state index is 12.1. The molecule has 0 aliphatic carbocycles. The van der Waals surface area contributed by atoms with E-state index in [2.05, 4.69) is 28.0 Å². The monoisotopic (exact) mass is 365 g/mol. The molecule has 5 nitrogen and oxygen atoms in total. The van der Waals surface area contributed by atoms with Crippen LogP contribution in [0.5, 0.6) is 0 Å². The third-order valence-corrected chi connectivity index (χ3v) is 3.92. The normalized spacial score (nSPS) is 11.3. The minimum absolute atomic E-state index is 0.0873. The fourth-order valence-corrected chi connectivity index (χ4v) is 2.48. The summed E-state index contributed by atoms with van der Waals surface area (Å²) >= 11 is 0. The molecule has 0 radical (unpaired) electrons. The van der Waals surface area contributed by atoms with E-state index in [4.69, 9.17) is 0 Å². The number of amides is 2. The molecule has 0 aliphatic rings. The number of nitrogens with one attached hydrogen (secondary N) is 2. The molecule has 0 unspecified atom stereocenters. The zero-order valence-corrected chi connectivity index (χ0v) is 16.2. The molecule has 2 aromatic rings. The number of rotatable bonds is 8. The molecule has 0 atom stereocenters. The van der Waals surface area contributed by atoms with Crippen LogP contribution in [-0.2, 0) is 16.0 Å². The Hall–Kier alpha value is -2.95. The topological polar surface area (TPSA) is 70.6 Å². The first-order valence-corrected chi connectivity index (χ1v) is 9.17. The first-order valence-electron chi connectivity index (χ1n) is 9.17. The number of hydrazone groups is 1. The summed E-state index contributed by atoms with van der Waals surface area (Å²) in [5, 5.41) is 6.84. The van der Waals surface area contributed by atoms with Gasteiger partial charge in [-0.3, -0.25) is 9.59 Å².